The summed E-state index contributed by atoms with van der Waals surface area (Å²) in [5, 5.41) is 13.9. The minimum absolute atomic E-state index is 0.000455. The SMILES string of the molecule is O=C(NC1CCCC1)[C@H]1[C@H](CO)[C@H]2Cn3c(ccc(-c4ccncc4)c3=O)[C@H]2N1CCc1ccccc1. The van der Waals surface area contributed by atoms with E-state index in [4.69, 9.17) is 0 Å². The van der Waals surface area contributed by atoms with E-state index in [1.165, 1.54) is 5.56 Å². The van der Waals surface area contributed by atoms with Crippen LogP contribution in [-0.4, -0.2) is 50.7 Å². The third-order valence-corrected chi connectivity index (χ3v) is 8.65. The molecule has 1 aromatic carbocycles. The van der Waals surface area contributed by atoms with Gasteiger partial charge in [0.05, 0.1) is 12.1 Å². The van der Waals surface area contributed by atoms with E-state index in [0.29, 0.717) is 18.7 Å². The fourth-order valence-electron chi connectivity index (χ4n) is 6.88. The van der Waals surface area contributed by atoms with Gasteiger partial charge in [0, 0.05) is 61.2 Å². The summed E-state index contributed by atoms with van der Waals surface area (Å²) in [6.45, 7) is 1.12. The first-order chi connectivity index (χ1) is 18.2. The summed E-state index contributed by atoms with van der Waals surface area (Å²) in [5.74, 6) is -0.206. The van der Waals surface area contributed by atoms with Crippen LogP contribution < -0.4 is 10.9 Å². The highest BCUT2D eigenvalue weighted by atomic mass is 16.3. The van der Waals surface area contributed by atoms with Crippen molar-refractivity contribution in [2.75, 3.05) is 13.2 Å². The lowest BCUT2D eigenvalue weighted by atomic mass is 9.88. The second kappa shape index (κ2) is 10.2. The van der Waals surface area contributed by atoms with E-state index >= 15 is 0 Å². The van der Waals surface area contributed by atoms with Gasteiger partial charge >= 0.3 is 0 Å². The number of nitrogens with zero attached hydrogens (tertiary/aromatic N) is 3. The second-order valence-corrected chi connectivity index (χ2v) is 10.7. The van der Waals surface area contributed by atoms with Crippen LogP contribution in [0, 0.1) is 11.8 Å². The van der Waals surface area contributed by atoms with E-state index < -0.39 is 6.04 Å². The number of fused-ring (bicyclic) bond motifs is 3. The maximum Gasteiger partial charge on any atom is 0.258 e. The second-order valence-electron chi connectivity index (χ2n) is 10.7. The Morgan fingerprint density at radius 2 is 1.78 bits per heavy atom. The van der Waals surface area contributed by atoms with Gasteiger partial charge in [-0.2, -0.15) is 0 Å². The average molecular weight is 499 g/mol. The monoisotopic (exact) mass is 498 g/mol. The lowest BCUT2D eigenvalue weighted by molar-refractivity contribution is -0.128. The van der Waals surface area contributed by atoms with Crippen LogP contribution in [0.4, 0.5) is 0 Å². The van der Waals surface area contributed by atoms with Crippen molar-refractivity contribution < 1.29 is 9.90 Å². The van der Waals surface area contributed by atoms with Crippen LogP contribution in [0.3, 0.4) is 0 Å². The van der Waals surface area contributed by atoms with E-state index in [1.807, 2.05) is 47.0 Å². The Labute approximate surface area is 217 Å². The zero-order valence-electron chi connectivity index (χ0n) is 21.0. The highest BCUT2D eigenvalue weighted by Crippen LogP contribution is 2.49. The van der Waals surface area contributed by atoms with Crippen molar-refractivity contribution in [3.8, 4) is 11.1 Å². The molecule has 0 spiro atoms. The number of nitrogens with one attached hydrogen (secondary N) is 1. The largest absolute Gasteiger partial charge is 0.396 e. The van der Waals surface area contributed by atoms with Crippen LogP contribution in [0.25, 0.3) is 11.1 Å². The summed E-state index contributed by atoms with van der Waals surface area (Å²) >= 11 is 0. The highest BCUT2D eigenvalue weighted by Gasteiger charge is 2.55. The fraction of sp³-hybridized carbons (Fsp3) is 0.433. The standard InChI is InChI=1S/C30H34N4O3/c35-19-25-24-18-34-26(11-10-23(30(34)37)21-12-15-31-16-13-21)27(24)33(17-14-20-6-2-1-3-7-20)28(25)29(36)32-22-8-4-5-9-22/h1-3,6-7,10-13,15-16,22,24-25,27-28,35H,4-5,8-9,14,17-19H2,(H,32,36)/t24-,25-,27+,28-/m1/s1. The van der Waals surface area contributed by atoms with Crippen LogP contribution in [0.2, 0.25) is 0 Å². The van der Waals surface area contributed by atoms with E-state index in [2.05, 4.69) is 27.3 Å². The fourth-order valence-corrected chi connectivity index (χ4v) is 6.88. The van der Waals surface area contributed by atoms with Crippen molar-refractivity contribution in [3.05, 3.63) is 88.6 Å². The molecule has 0 radical (unpaired) electrons. The summed E-state index contributed by atoms with van der Waals surface area (Å²) < 4.78 is 1.87. The predicted octanol–water partition coefficient (Wildman–Crippen LogP) is 3.18. The van der Waals surface area contributed by atoms with E-state index in [-0.39, 0.29) is 42.0 Å². The number of aliphatic hydroxyl groups is 1. The quantitative estimate of drug-likeness (QED) is 0.523. The average Bonchev–Trinajstić information content (AvgIpc) is 3.64. The maximum atomic E-state index is 13.7. The van der Waals surface area contributed by atoms with Crippen LogP contribution in [0.15, 0.2) is 71.8 Å². The summed E-state index contributed by atoms with van der Waals surface area (Å²) in [6, 6.07) is 17.7. The number of hydrogen-bond acceptors (Lipinski definition) is 5. The topological polar surface area (TPSA) is 87.5 Å². The Bertz CT molecular complexity index is 1300. The number of hydrogen-bond donors (Lipinski definition) is 2. The minimum atomic E-state index is -0.409. The van der Waals surface area contributed by atoms with Crippen LogP contribution >= 0.6 is 0 Å². The molecule has 2 aromatic heterocycles. The zero-order valence-corrected chi connectivity index (χ0v) is 21.0. The highest BCUT2D eigenvalue weighted by molar-refractivity contribution is 5.83. The summed E-state index contributed by atoms with van der Waals surface area (Å²) in [4.78, 5) is 33.7. The molecule has 7 nitrogen and oxygen atoms in total. The van der Waals surface area contributed by atoms with E-state index in [1.54, 1.807) is 12.4 Å². The molecule has 1 amide bonds. The van der Waals surface area contributed by atoms with Crippen LogP contribution in [0.5, 0.6) is 0 Å². The van der Waals surface area contributed by atoms with Gasteiger partial charge in [0.25, 0.3) is 5.56 Å². The van der Waals surface area contributed by atoms with Crippen molar-refractivity contribution in [1.29, 1.82) is 0 Å². The molecule has 6 rings (SSSR count). The van der Waals surface area contributed by atoms with Gasteiger partial charge in [0.15, 0.2) is 0 Å². The number of carbonyl (C=O) groups excluding carboxylic acids is 1. The van der Waals surface area contributed by atoms with Gasteiger partial charge in [-0.25, -0.2) is 0 Å². The van der Waals surface area contributed by atoms with Crippen molar-refractivity contribution in [3.63, 3.8) is 0 Å². The molecule has 192 valence electrons. The van der Waals surface area contributed by atoms with Gasteiger partial charge in [-0.15, -0.1) is 0 Å². The molecule has 1 saturated carbocycles. The lowest BCUT2D eigenvalue weighted by Gasteiger charge is -2.31. The van der Waals surface area contributed by atoms with Gasteiger partial charge < -0.3 is 15.0 Å². The number of benzene rings is 1. The molecule has 0 bridgehead atoms. The maximum absolute atomic E-state index is 13.7. The van der Waals surface area contributed by atoms with Gasteiger partial charge in [0.2, 0.25) is 5.91 Å². The molecule has 7 heteroatoms. The molecule has 3 aliphatic rings. The van der Waals surface area contributed by atoms with Crippen LogP contribution in [-0.2, 0) is 17.8 Å². The first-order valence-corrected chi connectivity index (χ1v) is 13.5. The summed E-state index contributed by atoms with van der Waals surface area (Å²) in [6.07, 6.45) is 8.54. The van der Waals surface area contributed by atoms with E-state index in [9.17, 15) is 14.7 Å². The molecular formula is C30H34N4O3. The van der Waals surface area contributed by atoms with Gasteiger partial charge in [-0.1, -0.05) is 43.2 Å². The molecule has 1 aliphatic carbocycles. The number of amides is 1. The van der Waals surface area contributed by atoms with Crippen molar-refractivity contribution in [2.45, 2.75) is 56.8 Å². The number of pyridine rings is 2. The first-order valence-electron chi connectivity index (χ1n) is 13.5. The smallest absolute Gasteiger partial charge is 0.258 e. The number of aromatic nitrogens is 2. The van der Waals surface area contributed by atoms with Crippen molar-refractivity contribution >= 4 is 5.91 Å². The van der Waals surface area contributed by atoms with Crippen molar-refractivity contribution in [2.24, 2.45) is 11.8 Å². The normalized spacial score (nSPS) is 25.2. The molecular weight excluding hydrogens is 464 g/mol. The van der Waals surface area contributed by atoms with Crippen molar-refractivity contribution in [1.82, 2.24) is 19.8 Å². The van der Waals surface area contributed by atoms with Gasteiger partial charge in [-0.05, 0) is 54.7 Å². The van der Waals surface area contributed by atoms with Gasteiger partial charge in [-0.3, -0.25) is 19.5 Å². The molecule has 4 atom stereocenters. The number of rotatable bonds is 7. The minimum Gasteiger partial charge on any atom is -0.396 e. The molecule has 1 saturated heterocycles. The number of carbonyl (C=O) groups is 1. The molecule has 3 aromatic rings. The van der Waals surface area contributed by atoms with Crippen LogP contribution in [0.1, 0.15) is 43.0 Å². The van der Waals surface area contributed by atoms with Gasteiger partial charge in [0.1, 0.15) is 0 Å². The Kier molecular flexibility index (Phi) is 6.65. The first kappa shape index (κ1) is 24.1. The summed E-state index contributed by atoms with van der Waals surface area (Å²) in [5.41, 5.74) is 3.63. The number of aliphatic hydroxyl groups excluding tert-OH is 1. The number of likely N-dealkylation sites (tertiary alicyclic amines) is 1. The summed E-state index contributed by atoms with van der Waals surface area (Å²) in [7, 11) is 0. The lowest BCUT2D eigenvalue weighted by Crippen LogP contribution is -2.51. The Balaban J connectivity index is 1.36. The molecule has 2 fully saturated rings. The van der Waals surface area contributed by atoms with E-state index in [0.717, 1.165) is 43.4 Å². The zero-order chi connectivity index (χ0) is 25.4. The molecule has 2 aliphatic heterocycles. The Morgan fingerprint density at radius 3 is 2.51 bits per heavy atom. The Morgan fingerprint density at radius 1 is 1.03 bits per heavy atom. The molecule has 4 heterocycles. The Hall–Kier alpha value is -3.29. The third-order valence-electron chi connectivity index (χ3n) is 8.65. The molecule has 2 N–H and O–H groups in total. The predicted molar refractivity (Wildman–Crippen MR) is 142 cm³/mol. The molecule has 0 unspecified atom stereocenters. The molecule has 37 heavy (non-hydrogen) atoms. The third kappa shape index (κ3) is 4.40.